The lowest BCUT2D eigenvalue weighted by Crippen LogP contribution is -2.16. The van der Waals surface area contributed by atoms with Crippen LogP contribution in [0.4, 0.5) is 11.4 Å². The van der Waals surface area contributed by atoms with E-state index in [4.69, 9.17) is 4.42 Å². The van der Waals surface area contributed by atoms with Gasteiger partial charge in [0.25, 0.3) is 0 Å². The molecular weight excluding hydrogens is 486 g/mol. The normalized spacial score (nSPS) is 15.7. The fourth-order valence-corrected chi connectivity index (χ4v) is 5.62. The first-order valence-corrected chi connectivity index (χ1v) is 13.7. The number of aryl methyl sites for hydroxylation is 1. The number of hydrogen-bond donors (Lipinski definition) is 0. The van der Waals surface area contributed by atoms with E-state index < -0.39 is 0 Å². The van der Waals surface area contributed by atoms with Gasteiger partial charge in [0, 0.05) is 27.8 Å². The van der Waals surface area contributed by atoms with Gasteiger partial charge in [-0.05, 0) is 83.6 Å². The summed E-state index contributed by atoms with van der Waals surface area (Å²) >= 11 is 0. The highest BCUT2D eigenvalue weighted by Gasteiger charge is 2.19. The molecule has 5 aromatic carbocycles. The average molecular weight is 516 g/mol. The fourth-order valence-electron chi connectivity index (χ4n) is 5.62. The Morgan fingerprint density at radius 3 is 2.35 bits per heavy atom. The molecule has 2 heterocycles. The van der Waals surface area contributed by atoms with Crippen LogP contribution in [0.25, 0.3) is 38.6 Å². The molecule has 0 bridgehead atoms. The van der Waals surface area contributed by atoms with Crippen LogP contribution in [-0.4, -0.2) is 0 Å². The Kier molecular flexibility index (Phi) is 5.94. The molecule has 0 aliphatic carbocycles. The summed E-state index contributed by atoms with van der Waals surface area (Å²) in [5, 5.41) is 2.22. The number of fused-ring (bicyclic) bond motifs is 4. The smallest absolute Gasteiger partial charge is 0.135 e. The van der Waals surface area contributed by atoms with Crippen molar-refractivity contribution < 1.29 is 4.42 Å². The number of anilines is 2. The Morgan fingerprint density at radius 1 is 0.675 bits per heavy atom. The molecular formula is C38H29NO. The average Bonchev–Trinajstić information content (AvgIpc) is 3.38. The zero-order valence-electron chi connectivity index (χ0n) is 22.5. The van der Waals surface area contributed by atoms with Crippen molar-refractivity contribution in [3.63, 3.8) is 0 Å². The number of hydrogen-bond acceptors (Lipinski definition) is 2. The van der Waals surface area contributed by atoms with Gasteiger partial charge in [0.05, 0.1) is 0 Å². The minimum Gasteiger partial charge on any atom is -0.456 e. The topological polar surface area (TPSA) is 16.4 Å². The molecule has 0 saturated carbocycles. The number of rotatable bonds is 3. The molecule has 2 heteroatoms. The summed E-state index contributed by atoms with van der Waals surface area (Å²) in [6.07, 6.45) is 7.51. The van der Waals surface area contributed by atoms with Gasteiger partial charge < -0.3 is 9.32 Å². The molecule has 7 rings (SSSR count). The van der Waals surface area contributed by atoms with E-state index in [1.165, 1.54) is 22.3 Å². The molecule has 1 aliphatic rings. The second kappa shape index (κ2) is 9.91. The minimum absolute atomic E-state index is 0.825. The minimum atomic E-state index is 0.825. The largest absolute Gasteiger partial charge is 0.456 e. The predicted octanol–water partition coefficient (Wildman–Crippen LogP) is 10.4. The fraction of sp³-hybridized carbons (Fsp3) is 0.0526. The van der Waals surface area contributed by atoms with Crippen LogP contribution in [0.2, 0.25) is 0 Å². The highest BCUT2D eigenvalue weighted by molar-refractivity contribution is 6.06. The number of para-hydroxylation sites is 2. The molecule has 0 fully saturated rings. The van der Waals surface area contributed by atoms with E-state index in [1.807, 2.05) is 12.1 Å². The van der Waals surface area contributed by atoms with Gasteiger partial charge in [-0.25, -0.2) is 0 Å². The highest BCUT2D eigenvalue weighted by atomic mass is 16.3. The number of furan rings is 1. The molecule has 0 radical (unpaired) electrons. The number of allylic oxidation sites excluding steroid dienone is 4. The maximum atomic E-state index is 6.12. The van der Waals surface area contributed by atoms with Gasteiger partial charge in [0.2, 0.25) is 0 Å². The first-order chi connectivity index (χ1) is 19.6. The molecule has 0 spiro atoms. The Bertz CT molecular complexity index is 1950. The second-order valence-corrected chi connectivity index (χ2v) is 10.4. The van der Waals surface area contributed by atoms with E-state index in [1.54, 1.807) is 0 Å². The van der Waals surface area contributed by atoms with Crippen molar-refractivity contribution in [3.05, 3.63) is 162 Å². The molecule has 192 valence electrons. The van der Waals surface area contributed by atoms with E-state index in [2.05, 4.69) is 140 Å². The SMILES string of the molecule is C=C1/C=C(c2cccc(-c3ccc(C)cc3)c2)\C=C/Cc2ccccc2N1c1ccc2oc3ccccc3c2c1. The van der Waals surface area contributed by atoms with E-state index in [0.717, 1.165) is 56.6 Å². The summed E-state index contributed by atoms with van der Waals surface area (Å²) in [5.41, 5.74) is 12.1. The van der Waals surface area contributed by atoms with Crippen LogP contribution >= 0.6 is 0 Å². The second-order valence-electron chi connectivity index (χ2n) is 10.4. The van der Waals surface area contributed by atoms with Crippen LogP contribution in [0.1, 0.15) is 16.7 Å². The van der Waals surface area contributed by atoms with Gasteiger partial charge in [-0.15, -0.1) is 0 Å². The van der Waals surface area contributed by atoms with Gasteiger partial charge >= 0.3 is 0 Å². The summed E-state index contributed by atoms with van der Waals surface area (Å²) in [4.78, 5) is 2.27. The third-order valence-electron chi connectivity index (χ3n) is 7.68. The molecule has 0 amide bonds. The summed E-state index contributed by atoms with van der Waals surface area (Å²) in [5.74, 6) is 0. The molecule has 2 nitrogen and oxygen atoms in total. The first-order valence-electron chi connectivity index (χ1n) is 13.7. The first kappa shape index (κ1) is 24.0. The maximum absolute atomic E-state index is 6.12. The summed E-state index contributed by atoms with van der Waals surface area (Å²) in [7, 11) is 0. The lowest BCUT2D eigenvalue weighted by atomic mass is 9.97. The lowest BCUT2D eigenvalue weighted by molar-refractivity contribution is 0.669. The van der Waals surface area contributed by atoms with Crippen molar-refractivity contribution in [3.8, 4) is 11.1 Å². The van der Waals surface area contributed by atoms with Gasteiger partial charge in [-0.2, -0.15) is 0 Å². The highest BCUT2D eigenvalue weighted by Crippen LogP contribution is 2.39. The zero-order chi connectivity index (χ0) is 27.1. The van der Waals surface area contributed by atoms with E-state index >= 15 is 0 Å². The quantitative estimate of drug-likeness (QED) is 0.233. The molecule has 6 aromatic rings. The molecule has 0 atom stereocenters. The molecule has 1 aromatic heterocycles. The summed E-state index contributed by atoms with van der Waals surface area (Å²) < 4.78 is 6.12. The van der Waals surface area contributed by atoms with Crippen molar-refractivity contribution in [1.82, 2.24) is 0 Å². The van der Waals surface area contributed by atoms with Crippen LogP contribution in [0.5, 0.6) is 0 Å². The van der Waals surface area contributed by atoms with Crippen LogP contribution in [0.3, 0.4) is 0 Å². The van der Waals surface area contributed by atoms with Crippen molar-refractivity contribution in [1.29, 1.82) is 0 Å². The van der Waals surface area contributed by atoms with Crippen molar-refractivity contribution in [2.45, 2.75) is 13.3 Å². The van der Waals surface area contributed by atoms with E-state index in [0.29, 0.717) is 0 Å². The number of nitrogens with zero attached hydrogens (tertiary/aromatic N) is 1. The summed E-state index contributed by atoms with van der Waals surface area (Å²) in [6.45, 7) is 6.72. The van der Waals surface area contributed by atoms with Gasteiger partial charge in [-0.3, -0.25) is 0 Å². The lowest BCUT2D eigenvalue weighted by Gasteiger charge is -2.28. The molecule has 0 N–H and O–H groups in total. The summed E-state index contributed by atoms with van der Waals surface area (Å²) in [6, 6.07) is 40.7. The maximum Gasteiger partial charge on any atom is 0.135 e. The molecule has 1 aliphatic heterocycles. The molecule has 0 unspecified atom stereocenters. The third-order valence-corrected chi connectivity index (χ3v) is 7.68. The Morgan fingerprint density at radius 2 is 1.45 bits per heavy atom. The van der Waals surface area contributed by atoms with Crippen molar-refractivity contribution >= 4 is 38.9 Å². The Balaban J connectivity index is 1.36. The van der Waals surface area contributed by atoms with Crippen molar-refractivity contribution in [2.75, 3.05) is 4.90 Å². The van der Waals surface area contributed by atoms with Crippen LogP contribution in [-0.2, 0) is 6.42 Å². The Labute approximate surface area is 234 Å². The Hall–Kier alpha value is -5.08. The predicted molar refractivity (Wildman–Crippen MR) is 169 cm³/mol. The van der Waals surface area contributed by atoms with E-state index in [-0.39, 0.29) is 0 Å². The van der Waals surface area contributed by atoms with Crippen LogP contribution in [0, 0.1) is 6.92 Å². The third kappa shape index (κ3) is 4.34. The standard InChI is InChI=1S/C38H29NO/c1-26-17-19-28(20-18-26)31-12-8-13-32(24-31)30-11-7-10-29-9-3-5-15-36(29)39(27(2)23-30)33-21-22-38-35(25-33)34-14-4-6-16-37(34)40-38/h3-9,11-25H,2,10H2,1H3/b11-7-,30-23+. The van der Waals surface area contributed by atoms with Gasteiger partial charge in [0.15, 0.2) is 0 Å². The van der Waals surface area contributed by atoms with Crippen molar-refractivity contribution in [2.24, 2.45) is 0 Å². The monoisotopic (exact) mass is 515 g/mol. The molecule has 0 saturated heterocycles. The zero-order valence-corrected chi connectivity index (χ0v) is 22.5. The van der Waals surface area contributed by atoms with Gasteiger partial charge in [0.1, 0.15) is 11.2 Å². The van der Waals surface area contributed by atoms with Crippen LogP contribution in [0.15, 0.2) is 150 Å². The van der Waals surface area contributed by atoms with E-state index in [9.17, 15) is 0 Å². The van der Waals surface area contributed by atoms with Gasteiger partial charge in [-0.1, -0.05) is 103 Å². The molecule has 40 heavy (non-hydrogen) atoms. The van der Waals surface area contributed by atoms with Crippen LogP contribution < -0.4 is 4.90 Å². The number of benzene rings is 5.